The number of ether oxygens (including phenoxy) is 1. The Morgan fingerprint density at radius 2 is 1.69 bits per heavy atom. The van der Waals surface area contributed by atoms with Crippen molar-refractivity contribution in [3.05, 3.63) is 102 Å². The number of carboxylic acids is 1. The molecule has 1 aromatic heterocycles. The first-order chi connectivity index (χ1) is 17.0. The van der Waals surface area contributed by atoms with E-state index in [0.29, 0.717) is 42.2 Å². The van der Waals surface area contributed by atoms with Crippen LogP contribution < -0.4 is 39.4 Å². The summed E-state index contributed by atoms with van der Waals surface area (Å²) < 4.78 is 11.6. The van der Waals surface area contributed by atoms with E-state index >= 15 is 0 Å². The number of carbonyl (C=O) groups is 1. The van der Waals surface area contributed by atoms with Gasteiger partial charge in [0, 0.05) is 23.1 Å². The maximum Gasteiger partial charge on any atom is 1.00 e. The van der Waals surface area contributed by atoms with Gasteiger partial charge in [-0.15, -0.1) is 0 Å². The molecule has 0 unspecified atom stereocenters. The Kier molecular flexibility index (Phi) is 8.11. The minimum Gasteiger partial charge on any atom is -0.546 e. The Hall–Kier alpha value is -3.16. The third-order valence-electron chi connectivity index (χ3n) is 6.10. The van der Waals surface area contributed by atoms with Gasteiger partial charge in [0.25, 0.3) is 0 Å². The van der Waals surface area contributed by atoms with Gasteiger partial charge < -0.3 is 24.2 Å². The maximum atomic E-state index is 11.7. The summed E-state index contributed by atoms with van der Waals surface area (Å²) in [6.07, 6.45) is 3.50. The summed E-state index contributed by atoms with van der Waals surface area (Å²) in [5.41, 5.74) is 2.85. The molecular formula is C29H24NNaO5. The van der Waals surface area contributed by atoms with Crippen LogP contribution in [0.15, 0.2) is 95.4 Å². The third kappa shape index (κ3) is 5.63. The average molecular weight is 490 g/mol. The molecule has 1 heterocycles. The zero-order valence-electron chi connectivity index (χ0n) is 20.0. The van der Waals surface area contributed by atoms with E-state index < -0.39 is 18.2 Å². The summed E-state index contributed by atoms with van der Waals surface area (Å²) in [7, 11) is 0. The molecule has 176 valence electrons. The molecule has 4 aromatic rings. The van der Waals surface area contributed by atoms with Crippen LogP contribution in [0.3, 0.4) is 0 Å². The topological polar surface area (TPSA) is 95.6 Å². The smallest absolute Gasteiger partial charge is 0.546 e. The molecule has 1 aliphatic rings. The van der Waals surface area contributed by atoms with Crippen LogP contribution in [0.2, 0.25) is 0 Å². The molecule has 0 aliphatic heterocycles. The molecule has 1 N–H and O–H groups in total. The summed E-state index contributed by atoms with van der Waals surface area (Å²) in [5, 5.41) is 22.4. The zero-order chi connectivity index (χ0) is 24.3. The molecule has 0 amide bonds. The van der Waals surface area contributed by atoms with E-state index in [0.717, 1.165) is 22.4 Å². The molecular weight excluding hydrogens is 465 g/mol. The number of aromatic nitrogens is 1. The molecule has 0 saturated heterocycles. The Bertz CT molecular complexity index is 1310. The van der Waals surface area contributed by atoms with Gasteiger partial charge in [0.1, 0.15) is 18.1 Å². The van der Waals surface area contributed by atoms with Gasteiger partial charge in [-0.2, -0.15) is 0 Å². The molecule has 6 nitrogen and oxygen atoms in total. The first kappa shape index (κ1) is 25.9. The van der Waals surface area contributed by atoms with Gasteiger partial charge in [0.2, 0.25) is 5.89 Å². The number of aliphatic hydroxyl groups is 1. The number of aliphatic carboxylic acids is 1. The van der Waals surface area contributed by atoms with Gasteiger partial charge in [-0.05, 0) is 30.5 Å². The predicted octanol–water partition coefficient (Wildman–Crippen LogP) is 1.29. The van der Waals surface area contributed by atoms with E-state index in [1.54, 1.807) is 18.2 Å². The van der Waals surface area contributed by atoms with Crippen molar-refractivity contribution >= 4 is 11.5 Å². The van der Waals surface area contributed by atoms with Crippen LogP contribution in [-0.4, -0.2) is 28.3 Å². The fraction of sp³-hybridized carbons (Fsp3) is 0.172. The number of oxazole rings is 1. The second-order valence-corrected chi connectivity index (χ2v) is 8.60. The van der Waals surface area contributed by atoms with Crippen molar-refractivity contribution in [1.29, 1.82) is 0 Å². The minimum atomic E-state index is -1.29. The van der Waals surface area contributed by atoms with E-state index in [-0.39, 0.29) is 29.6 Å². The van der Waals surface area contributed by atoms with Crippen molar-refractivity contribution in [3.63, 3.8) is 0 Å². The van der Waals surface area contributed by atoms with Crippen LogP contribution in [0.5, 0.6) is 5.75 Å². The van der Waals surface area contributed by atoms with Crippen LogP contribution in [0.1, 0.15) is 24.3 Å². The Balaban J connectivity index is 0.00000304. The number of nitrogens with zero attached hydrogens (tertiary/aromatic N) is 1. The Morgan fingerprint density at radius 1 is 1.00 bits per heavy atom. The van der Waals surface area contributed by atoms with Gasteiger partial charge >= 0.3 is 29.6 Å². The van der Waals surface area contributed by atoms with Crippen molar-refractivity contribution in [3.8, 4) is 28.3 Å². The standard InChI is InChI=1S/C29H25NO5.Na/c31-25(32)19-34-23-14-7-9-20(17-23)18-29(33)16-8-15-24(29)28-30-26(21-10-3-1-4-11-21)27(35-28)22-12-5-2-6-13-22;/h1-7,9-15,17,33H,8,16,18-19H2,(H,31,32);/q;+1/p-1/t29-;/m1./s1. The third-order valence-corrected chi connectivity index (χ3v) is 6.10. The van der Waals surface area contributed by atoms with Gasteiger partial charge in [-0.25, -0.2) is 4.98 Å². The second-order valence-electron chi connectivity index (χ2n) is 8.60. The second kappa shape index (κ2) is 11.3. The van der Waals surface area contributed by atoms with Gasteiger partial charge in [-0.3, -0.25) is 0 Å². The first-order valence-electron chi connectivity index (χ1n) is 11.5. The molecule has 0 spiro atoms. The number of hydrogen-bond donors (Lipinski definition) is 1. The van der Waals surface area contributed by atoms with E-state index in [4.69, 9.17) is 14.1 Å². The molecule has 0 saturated carbocycles. The monoisotopic (exact) mass is 489 g/mol. The van der Waals surface area contributed by atoms with Crippen LogP contribution >= 0.6 is 0 Å². The first-order valence-corrected chi connectivity index (χ1v) is 11.5. The predicted molar refractivity (Wildman–Crippen MR) is 130 cm³/mol. The molecule has 0 bridgehead atoms. The Morgan fingerprint density at radius 3 is 2.39 bits per heavy atom. The molecule has 1 atom stereocenters. The number of hydrogen-bond acceptors (Lipinski definition) is 6. The normalized spacial score (nSPS) is 16.8. The summed E-state index contributed by atoms with van der Waals surface area (Å²) in [5.74, 6) is 0.168. The summed E-state index contributed by atoms with van der Waals surface area (Å²) >= 11 is 0. The summed E-state index contributed by atoms with van der Waals surface area (Å²) in [6, 6.07) is 26.7. The summed E-state index contributed by atoms with van der Waals surface area (Å²) in [6.45, 7) is -0.528. The minimum absolute atomic E-state index is 0. The largest absolute Gasteiger partial charge is 1.00 e. The number of rotatable bonds is 8. The molecule has 7 heteroatoms. The van der Waals surface area contributed by atoms with Crippen LogP contribution in [-0.2, 0) is 11.2 Å². The molecule has 0 radical (unpaired) electrons. The van der Waals surface area contributed by atoms with Crippen molar-refractivity contribution in [2.75, 3.05) is 6.61 Å². The van der Waals surface area contributed by atoms with E-state index in [9.17, 15) is 15.0 Å². The van der Waals surface area contributed by atoms with Crippen molar-refractivity contribution < 1.29 is 53.7 Å². The molecule has 36 heavy (non-hydrogen) atoms. The van der Waals surface area contributed by atoms with Crippen LogP contribution in [0, 0.1) is 0 Å². The molecule has 3 aromatic carbocycles. The van der Waals surface area contributed by atoms with E-state index in [2.05, 4.69) is 0 Å². The molecule has 0 fully saturated rings. The number of allylic oxidation sites excluding steroid dienone is 1. The SMILES string of the molecule is O=C([O-])COc1cccc(C[C@]2(O)CCC=C2c2nc(-c3ccccc3)c(-c3ccccc3)o2)c1.[Na+]. The molecule has 1 aliphatic carbocycles. The number of benzene rings is 3. The average Bonchev–Trinajstić information content (AvgIpc) is 3.48. The van der Waals surface area contributed by atoms with E-state index in [1.165, 1.54) is 0 Å². The van der Waals surface area contributed by atoms with Crippen molar-refractivity contribution in [2.45, 2.75) is 24.9 Å². The van der Waals surface area contributed by atoms with E-state index in [1.807, 2.05) is 72.8 Å². The van der Waals surface area contributed by atoms with Crippen molar-refractivity contribution in [1.82, 2.24) is 4.98 Å². The maximum absolute atomic E-state index is 11.7. The zero-order valence-corrected chi connectivity index (χ0v) is 22.0. The molecule has 5 rings (SSSR count). The number of carboxylic acid groups (broad SMARTS) is 1. The van der Waals surface area contributed by atoms with Crippen LogP contribution in [0.25, 0.3) is 28.2 Å². The fourth-order valence-corrected chi connectivity index (χ4v) is 4.49. The number of carbonyl (C=O) groups excluding carboxylic acids is 1. The Labute approximate surface area is 231 Å². The fourth-order valence-electron chi connectivity index (χ4n) is 4.49. The quantitative estimate of drug-likeness (QED) is 0.375. The van der Waals surface area contributed by atoms with Gasteiger partial charge in [-0.1, -0.05) is 78.9 Å². The van der Waals surface area contributed by atoms with Gasteiger partial charge in [0.05, 0.1) is 11.6 Å². The summed E-state index contributed by atoms with van der Waals surface area (Å²) in [4.78, 5) is 15.6. The van der Waals surface area contributed by atoms with Crippen LogP contribution in [0.4, 0.5) is 0 Å². The van der Waals surface area contributed by atoms with Gasteiger partial charge in [0.15, 0.2) is 5.76 Å². The van der Waals surface area contributed by atoms with Crippen molar-refractivity contribution in [2.24, 2.45) is 0 Å².